The summed E-state index contributed by atoms with van der Waals surface area (Å²) in [6.07, 6.45) is 1.64. The van der Waals surface area contributed by atoms with Gasteiger partial charge in [-0.3, -0.25) is 0 Å². The van der Waals surface area contributed by atoms with E-state index in [-0.39, 0.29) is 26.4 Å². The lowest BCUT2D eigenvalue weighted by Gasteiger charge is -2.18. The first kappa shape index (κ1) is 23.2. The van der Waals surface area contributed by atoms with Crippen LogP contribution in [0.2, 0.25) is 5.02 Å². The lowest BCUT2D eigenvalue weighted by atomic mass is 10.1. The standard InChI is InChI=1S/C22H27ClO6/c1-3-9-26-12-16(24)14-28-21-11-20(23)22(19-8-6-5-7-18(19)21)29-15-17(25)13-27-10-4-2/h3-8,11,16-17,24-25H,1-2,9-10,12-15H2. The minimum Gasteiger partial charge on any atom is -0.490 e. The summed E-state index contributed by atoms with van der Waals surface area (Å²) in [4.78, 5) is 0. The van der Waals surface area contributed by atoms with Crippen LogP contribution in [0, 0.1) is 0 Å². The fraction of sp³-hybridized carbons (Fsp3) is 0.364. The summed E-state index contributed by atoms with van der Waals surface area (Å²) in [5.74, 6) is 0.975. The summed E-state index contributed by atoms with van der Waals surface area (Å²) in [7, 11) is 0. The molecule has 2 unspecified atom stereocenters. The molecule has 6 nitrogen and oxygen atoms in total. The Kier molecular flexibility index (Phi) is 9.97. The van der Waals surface area contributed by atoms with Gasteiger partial charge in [0.05, 0.1) is 31.5 Å². The number of halogens is 1. The van der Waals surface area contributed by atoms with E-state index in [0.29, 0.717) is 29.7 Å². The Hall–Kier alpha value is -2.09. The van der Waals surface area contributed by atoms with Crippen molar-refractivity contribution in [3.63, 3.8) is 0 Å². The van der Waals surface area contributed by atoms with Gasteiger partial charge < -0.3 is 29.2 Å². The maximum absolute atomic E-state index is 9.99. The zero-order chi connectivity index (χ0) is 21.1. The van der Waals surface area contributed by atoms with Gasteiger partial charge in [0, 0.05) is 16.8 Å². The molecule has 0 radical (unpaired) electrons. The molecular weight excluding hydrogens is 396 g/mol. The summed E-state index contributed by atoms with van der Waals surface area (Å²) in [5.41, 5.74) is 0. The van der Waals surface area contributed by atoms with E-state index in [2.05, 4.69) is 13.2 Å². The van der Waals surface area contributed by atoms with E-state index in [0.717, 1.165) is 10.8 Å². The Morgan fingerprint density at radius 2 is 1.41 bits per heavy atom. The molecule has 0 aliphatic heterocycles. The van der Waals surface area contributed by atoms with Crippen molar-refractivity contribution in [2.45, 2.75) is 12.2 Å². The molecule has 2 aromatic rings. The summed E-state index contributed by atoms with van der Waals surface area (Å²) < 4.78 is 22.0. The largest absolute Gasteiger partial charge is 0.490 e. The maximum Gasteiger partial charge on any atom is 0.146 e. The van der Waals surface area contributed by atoms with Gasteiger partial charge in [0.25, 0.3) is 0 Å². The van der Waals surface area contributed by atoms with Gasteiger partial charge in [0.1, 0.15) is 36.9 Å². The van der Waals surface area contributed by atoms with Crippen LogP contribution in [0.4, 0.5) is 0 Å². The van der Waals surface area contributed by atoms with Crippen molar-refractivity contribution in [1.82, 2.24) is 0 Å². The second-order valence-corrected chi connectivity index (χ2v) is 6.72. The van der Waals surface area contributed by atoms with Gasteiger partial charge >= 0.3 is 0 Å². The topological polar surface area (TPSA) is 77.4 Å². The normalized spacial score (nSPS) is 13.1. The van der Waals surface area contributed by atoms with Gasteiger partial charge in [0.15, 0.2) is 0 Å². The number of benzene rings is 2. The summed E-state index contributed by atoms with van der Waals surface area (Å²) >= 11 is 6.41. The molecule has 0 aliphatic carbocycles. The molecule has 0 amide bonds. The highest BCUT2D eigenvalue weighted by atomic mass is 35.5. The second kappa shape index (κ2) is 12.5. The Morgan fingerprint density at radius 1 is 0.862 bits per heavy atom. The lowest BCUT2D eigenvalue weighted by Crippen LogP contribution is -2.24. The summed E-state index contributed by atoms with van der Waals surface area (Å²) in [6, 6.07) is 9.09. The molecule has 0 fully saturated rings. The minimum absolute atomic E-state index is 0.0282. The number of aliphatic hydroxyl groups is 2. The molecule has 2 N–H and O–H groups in total. The smallest absolute Gasteiger partial charge is 0.146 e. The van der Waals surface area contributed by atoms with Crippen molar-refractivity contribution in [3.8, 4) is 11.5 Å². The van der Waals surface area contributed by atoms with Gasteiger partial charge in [-0.05, 0) is 0 Å². The summed E-state index contributed by atoms with van der Waals surface area (Å²) in [5, 5.41) is 21.8. The van der Waals surface area contributed by atoms with Crippen LogP contribution in [0.15, 0.2) is 55.6 Å². The molecule has 0 heterocycles. The second-order valence-electron chi connectivity index (χ2n) is 6.31. The fourth-order valence-electron chi connectivity index (χ4n) is 2.59. The van der Waals surface area contributed by atoms with Crippen LogP contribution in [0.3, 0.4) is 0 Å². The number of hydrogen-bond donors (Lipinski definition) is 2. The monoisotopic (exact) mass is 422 g/mol. The molecular formula is C22H27ClO6. The van der Waals surface area contributed by atoms with E-state index in [9.17, 15) is 10.2 Å². The van der Waals surface area contributed by atoms with Crippen LogP contribution in [0.5, 0.6) is 11.5 Å². The summed E-state index contributed by atoms with van der Waals surface area (Å²) in [6.45, 7) is 8.19. The molecule has 7 heteroatoms. The Labute approximate surface area is 175 Å². The van der Waals surface area contributed by atoms with Crippen LogP contribution in [0.1, 0.15) is 0 Å². The van der Waals surface area contributed by atoms with E-state index < -0.39 is 12.2 Å². The number of ether oxygens (including phenoxy) is 4. The van der Waals surface area contributed by atoms with Crippen molar-refractivity contribution < 1.29 is 29.2 Å². The fourth-order valence-corrected chi connectivity index (χ4v) is 2.84. The van der Waals surface area contributed by atoms with Crippen molar-refractivity contribution in [3.05, 3.63) is 60.7 Å². The molecule has 0 aliphatic rings. The average Bonchev–Trinajstić information content (AvgIpc) is 2.72. The molecule has 0 aromatic heterocycles. The first-order chi connectivity index (χ1) is 14.1. The molecule has 158 valence electrons. The van der Waals surface area contributed by atoms with E-state index >= 15 is 0 Å². The highest BCUT2D eigenvalue weighted by Crippen LogP contribution is 2.39. The molecule has 2 atom stereocenters. The predicted octanol–water partition coefficient (Wildman–Crippen LogP) is 3.38. The Morgan fingerprint density at radius 3 is 2.00 bits per heavy atom. The third-order valence-electron chi connectivity index (χ3n) is 3.86. The molecule has 0 saturated carbocycles. The van der Waals surface area contributed by atoms with Crippen LogP contribution in [0.25, 0.3) is 10.8 Å². The van der Waals surface area contributed by atoms with E-state index in [1.165, 1.54) is 0 Å². The Balaban J connectivity index is 2.08. The van der Waals surface area contributed by atoms with Crippen molar-refractivity contribution >= 4 is 22.4 Å². The zero-order valence-electron chi connectivity index (χ0n) is 16.3. The van der Waals surface area contributed by atoms with Crippen molar-refractivity contribution in [2.75, 3.05) is 39.6 Å². The highest BCUT2D eigenvalue weighted by molar-refractivity contribution is 6.33. The number of hydrogen-bond acceptors (Lipinski definition) is 6. The molecule has 2 rings (SSSR count). The third-order valence-corrected chi connectivity index (χ3v) is 4.14. The minimum atomic E-state index is -0.800. The van der Waals surface area contributed by atoms with Crippen LogP contribution in [-0.4, -0.2) is 62.1 Å². The average molecular weight is 423 g/mol. The number of fused-ring (bicyclic) bond motifs is 1. The van der Waals surface area contributed by atoms with Crippen LogP contribution >= 0.6 is 11.6 Å². The van der Waals surface area contributed by atoms with Crippen LogP contribution in [-0.2, 0) is 9.47 Å². The molecule has 0 spiro atoms. The lowest BCUT2D eigenvalue weighted by molar-refractivity contribution is 0.0211. The number of aliphatic hydroxyl groups excluding tert-OH is 2. The SMILES string of the molecule is C=CCOCC(O)COc1cc(Cl)c(OCC(O)COCC=C)c2ccccc12. The Bertz CT molecular complexity index is 794. The van der Waals surface area contributed by atoms with Gasteiger partial charge in [-0.1, -0.05) is 48.0 Å². The van der Waals surface area contributed by atoms with Crippen LogP contribution < -0.4 is 9.47 Å². The maximum atomic E-state index is 9.99. The zero-order valence-corrected chi connectivity index (χ0v) is 17.0. The van der Waals surface area contributed by atoms with Gasteiger partial charge in [-0.15, -0.1) is 13.2 Å². The van der Waals surface area contributed by atoms with Gasteiger partial charge in [-0.2, -0.15) is 0 Å². The van der Waals surface area contributed by atoms with Crippen molar-refractivity contribution in [2.24, 2.45) is 0 Å². The van der Waals surface area contributed by atoms with Gasteiger partial charge in [0.2, 0.25) is 0 Å². The number of rotatable bonds is 14. The molecule has 29 heavy (non-hydrogen) atoms. The quantitative estimate of drug-likeness (QED) is 0.359. The van der Waals surface area contributed by atoms with Gasteiger partial charge in [-0.25, -0.2) is 0 Å². The predicted molar refractivity (Wildman–Crippen MR) is 114 cm³/mol. The first-order valence-corrected chi connectivity index (χ1v) is 9.64. The van der Waals surface area contributed by atoms with E-state index in [1.807, 2.05) is 24.3 Å². The van der Waals surface area contributed by atoms with E-state index in [4.69, 9.17) is 30.5 Å². The molecule has 0 bridgehead atoms. The third kappa shape index (κ3) is 7.34. The first-order valence-electron chi connectivity index (χ1n) is 9.27. The molecule has 2 aromatic carbocycles. The van der Waals surface area contributed by atoms with E-state index in [1.54, 1.807) is 18.2 Å². The van der Waals surface area contributed by atoms with Crippen molar-refractivity contribution in [1.29, 1.82) is 0 Å². The molecule has 0 saturated heterocycles. The highest BCUT2D eigenvalue weighted by Gasteiger charge is 2.16.